The van der Waals surface area contributed by atoms with Crippen molar-refractivity contribution < 1.29 is 10.2 Å². The first kappa shape index (κ1) is 24.8. The molecule has 6 aromatic rings. The molecule has 0 unspecified atom stereocenters. The van der Waals surface area contributed by atoms with E-state index in [-0.39, 0.29) is 11.5 Å². The summed E-state index contributed by atoms with van der Waals surface area (Å²) in [5.74, 6) is 0.372. The minimum atomic E-state index is 0.185. The monoisotopic (exact) mass is 520 g/mol. The van der Waals surface area contributed by atoms with Gasteiger partial charge in [0.2, 0.25) is 0 Å². The first-order chi connectivity index (χ1) is 19.7. The van der Waals surface area contributed by atoms with Gasteiger partial charge in [-0.3, -0.25) is 0 Å². The molecule has 4 nitrogen and oxygen atoms in total. The van der Waals surface area contributed by atoms with Gasteiger partial charge in [0, 0.05) is 40.4 Å². The van der Waals surface area contributed by atoms with Crippen molar-refractivity contribution in [2.75, 3.05) is 9.80 Å². The van der Waals surface area contributed by atoms with Gasteiger partial charge in [0.25, 0.3) is 0 Å². The van der Waals surface area contributed by atoms with Crippen molar-refractivity contribution in [1.29, 1.82) is 0 Å². The molecule has 0 saturated heterocycles. The standard InChI is InChI=1S/C36H28N2O2/c39-32-21-10-19-30(25-32)37(28-15-6-2-7-16-28)35-24-12-23-34(27-13-4-1-5-14-27)36(35)38(29-17-8-3-9-18-29)31-20-11-22-33(40)26-31/h1-26,39-40H. The van der Waals surface area contributed by atoms with Crippen molar-refractivity contribution in [3.63, 3.8) is 0 Å². The van der Waals surface area contributed by atoms with Gasteiger partial charge in [-0.2, -0.15) is 0 Å². The van der Waals surface area contributed by atoms with Gasteiger partial charge in [-0.15, -0.1) is 0 Å². The summed E-state index contributed by atoms with van der Waals surface area (Å²) in [5, 5.41) is 21.0. The molecule has 0 aliphatic rings. The highest BCUT2D eigenvalue weighted by Gasteiger charge is 2.25. The van der Waals surface area contributed by atoms with Crippen LogP contribution in [-0.2, 0) is 0 Å². The van der Waals surface area contributed by atoms with Gasteiger partial charge in [-0.1, -0.05) is 91.0 Å². The number of hydrogen-bond acceptors (Lipinski definition) is 4. The first-order valence-corrected chi connectivity index (χ1v) is 13.2. The largest absolute Gasteiger partial charge is 0.508 e. The molecular formula is C36H28N2O2. The summed E-state index contributed by atoms with van der Waals surface area (Å²) in [6.45, 7) is 0. The van der Waals surface area contributed by atoms with E-state index < -0.39 is 0 Å². The highest BCUT2D eigenvalue weighted by atomic mass is 16.3. The molecule has 0 aliphatic carbocycles. The number of para-hydroxylation sites is 3. The van der Waals surface area contributed by atoms with Crippen LogP contribution in [0.2, 0.25) is 0 Å². The SMILES string of the molecule is Oc1cccc(N(c2ccccc2)c2cccc(-c3ccccc3)c2N(c2ccccc2)c2cccc(O)c2)c1. The lowest BCUT2D eigenvalue weighted by Crippen LogP contribution is -2.18. The van der Waals surface area contributed by atoms with Gasteiger partial charge in [-0.25, -0.2) is 0 Å². The van der Waals surface area contributed by atoms with E-state index in [9.17, 15) is 10.2 Å². The Morgan fingerprint density at radius 1 is 0.375 bits per heavy atom. The number of phenols is 2. The Bertz CT molecular complexity index is 1720. The van der Waals surface area contributed by atoms with E-state index in [1.807, 2.05) is 78.9 Å². The van der Waals surface area contributed by atoms with Gasteiger partial charge < -0.3 is 20.0 Å². The Hall–Kier alpha value is -5.48. The molecule has 0 aromatic heterocycles. The number of aromatic hydroxyl groups is 2. The fourth-order valence-corrected chi connectivity index (χ4v) is 5.05. The zero-order chi connectivity index (χ0) is 27.3. The molecule has 2 N–H and O–H groups in total. The van der Waals surface area contributed by atoms with Crippen LogP contribution in [0.1, 0.15) is 0 Å². The summed E-state index contributed by atoms with van der Waals surface area (Å²) in [4.78, 5) is 4.33. The van der Waals surface area contributed by atoms with E-state index in [0.29, 0.717) is 0 Å². The molecule has 0 saturated carbocycles. The summed E-state index contributed by atoms with van der Waals surface area (Å²) in [6.07, 6.45) is 0. The molecule has 0 amide bonds. The van der Waals surface area contributed by atoms with Crippen molar-refractivity contribution >= 4 is 34.1 Å². The van der Waals surface area contributed by atoms with E-state index in [1.165, 1.54) is 0 Å². The number of phenolic OH excluding ortho intramolecular Hbond substituents is 2. The predicted molar refractivity (Wildman–Crippen MR) is 165 cm³/mol. The lowest BCUT2D eigenvalue weighted by Gasteiger charge is -2.34. The molecule has 0 spiro atoms. The van der Waals surface area contributed by atoms with Crippen LogP contribution in [0.25, 0.3) is 11.1 Å². The molecule has 0 fully saturated rings. The van der Waals surface area contributed by atoms with Crippen LogP contribution in [0.3, 0.4) is 0 Å². The predicted octanol–water partition coefficient (Wildman–Crippen LogP) is 9.70. The lowest BCUT2D eigenvalue weighted by atomic mass is 9.99. The highest BCUT2D eigenvalue weighted by Crippen LogP contribution is 2.50. The number of hydrogen-bond donors (Lipinski definition) is 2. The Morgan fingerprint density at radius 2 is 0.825 bits per heavy atom. The van der Waals surface area contributed by atoms with Crippen molar-refractivity contribution in [3.8, 4) is 22.6 Å². The third-order valence-electron chi connectivity index (χ3n) is 6.77. The van der Waals surface area contributed by atoms with E-state index in [4.69, 9.17) is 0 Å². The van der Waals surface area contributed by atoms with E-state index in [1.54, 1.807) is 24.3 Å². The van der Waals surface area contributed by atoms with Crippen molar-refractivity contribution in [2.24, 2.45) is 0 Å². The number of rotatable bonds is 7. The fraction of sp³-hybridized carbons (Fsp3) is 0. The summed E-state index contributed by atoms with van der Waals surface area (Å²) in [5.41, 5.74) is 7.45. The summed E-state index contributed by atoms with van der Waals surface area (Å²) < 4.78 is 0. The lowest BCUT2D eigenvalue weighted by molar-refractivity contribution is 0.475. The molecule has 4 heteroatoms. The van der Waals surface area contributed by atoms with Crippen LogP contribution >= 0.6 is 0 Å². The third-order valence-corrected chi connectivity index (χ3v) is 6.77. The maximum Gasteiger partial charge on any atom is 0.117 e. The number of nitrogens with zero attached hydrogens (tertiary/aromatic N) is 2. The second kappa shape index (κ2) is 11.1. The molecule has 0 heterocycles. The molecule has 0 bridgehead atoms. The second-order valence-electron chi connectivity index (χ2n) is 9.42. The van der Waals surface area contributed by atoms with Crippen molar-refractivity contribution in [3.05, 3.63) is 158 Å². The van der Waals surface area contributed by atoms with Gasteiger partial charge in [-0.05, 0) is 60.2 Å². The molecule has 0 atom stereocenters. The van der Waals surface area contributed by atoms with Crippen molar-refractivity contribution in [2.45, 2.75) is 0 Å². The van der Waals surface area contributed by atoms with Crippen LogP contribution in [0.4, 0.5) is 34.1 Å². The van der Waals surface area contributed by atoms with Crippen LogP contribution in [0.5, 0.6) is 11.5 Å². The van der Waals surface area contributed by atoms with Crippen LogP contribution < -0.4 is 9.80 Å². The first-order valence-electron chi connectivity index (χ1n) is 13.2. The Morgan fingerprint density at radius 3 is 1.38 bits per heavy atom. The molecule has 6 aromatic carbocycles. The molecule has 0 radical (unpaired) electrons. The van der Waals surface area contributed by atoms with Crippen LogP contribution in [0.15, 0.2) is 158 Å². The van der Waals surface area contributed by atoms with E-state index in [2.05, 4.69) is 64.4 Å². The van der Waals surface area contributed by atoms with Gasteiger partial charge >= 0.3 is 0 Å². The van der Waals surface area contributed by atoms with Crippen LogP contribution in [0, 0.1) is 0 Å². The second-order valence-corrected chi connectivity index (χ2v) is 9.42. The summed E-state index contributed by atoms with van der Waals surface area (Å²) in [7, 11) is 0. The quantitative estimate of drug-likeness (QED) is 0.220. The number of benzene rings is 6. The summed E-state index contributed by atoms with van der Waals surface area (Å²) in [6, 6.07) is 51.5. The van der Waals surface area contributed by atoms with Gasteiger partial charge in [0.1, 0.15) is 11.5 Å². The smallest absolute Gasteiger partial charge is 0.117 e. The molecular weight excluding hydrogens is 492 g/mol. The third kappa shape index (κ3) is 4.98. The zero-order valence-corrected chi connectivity index (χ0v) is 21.8. The average molecular weight is 521 g/mol. The maximum atomic E-state index is 10.5. The van der Waals surface area contributed by atoms with E-state index in [0.717, 1.165) is 45.3 Å². The molecule has 40 heavy (non-hydrogen) atoms. The van der Waals surface area contributed by atoms with Crippen molar-refractivity contribution in [1.82, 2.24) is 0 Å². The van der Waals surface area contributed by atoms with Crippen LogP contribution in [-0.4, -0.2) is 10.2 Å². The normalized spacial score (nSPS) is 10.7. The molecule has 6 rings (SSSR count). The molecule has 194 valence electrons. The Balaban J connectivity index is 1.72. The van der Waals surface area contributed by atoms with Gasteiger partial charge in [0.15, 0.2) is 0 Å². The Labute approximate surface area is 234 Å². The fourth-order valence-electron chi connectivity index (χ4n) is 5.05. The Kier molecular flexibility index (Phi) is 6.89. The molecule has 0 aliphatic heterocycles. The average Bonchev–Trinajstić information content (AvgIpc) is 3.00. The summed E-state index contributed by atoms with van der Waals surface area (Å²) >= 11 is 0. The van der Waals surface area contributed by atoms with Gasteiger partial charge in [0.05, 0.1) is 11.4 Å². The maximum absolute atomic E-state index is 10.5. The highest BCUT2D eigenvalue weighted by molar-refractivity contribution is 5.99. The zero-order valence-electron chi connectivity index (χ0n) is 21.8. The van der Waals surface area contributed by atoms with E-state index >= 15 is 0 Å². The topological polar surface area (TPSA) is 46.9 Å². The number of anilines is 6. The minimum Gasteiger partial charge on any atom is -0.508 e. The minimum absolute atomic E-state index is 0.185.